The van der Waals surface area contributed by atoms with Gasteiger partial charge in [0.25, 0.3) is 5.79 Å². The lowest BCUT2D eigenvalue weighted by molar-refractivity contribution is -0.352. The lowest BCUT2D eigenvalue weighted by Crippen LogP contribution is -2.51. The van der Waals surface area contributed by atoms with E-state index >= 15 is 0 Å². The van der Waals surface area contributed by atoms with E-state index in [4.69, 9.17) is 23.7 Å². The Labute approximate surface area is 248 Å². The van der Waals surface area contributed by atoms with Crippen molar-refractivity contribution in [3.63, 3.8) is 0 Å². The van der Waals surface area contributed by atoms with Crippen LogP contribution in [-0.4, -0.2) is 54.9 Å². The first-order chi connectivity index (χ1) is 19.9. The van der Waals surface area contributed by atoms with Crippen LogP contribution in [0.2, 0.25) is 0 Å². The van der Waals surface area contributed by atoms with Crippen molar-refractivity contribution in [3.05, 3.63) is 23.8 Å². The molecule has 7 nitrogen and oxygen atoms in total. The third-order valence-corrected chi connectivity index (χ3v) is 9.44. The van der Waals surface area contributed by atoms with Crippen LogP contribution in [-0.2, 0) is 28.5 Å². The Kier molecular flexibility index (Phi) is 13.2. The number of ether oxygens (including phenoxy) is 5. The van der Waals surface area contributed by atoms with E-state index in [9.17, 15) is 9.90 Å². The van der Waals surface area contributed by atoms with E-state index in [2.05, 4.69) is 26.5 Å². The van der Waals surface area contributed by atoms with Gasteiger partial charge in [0, 0.05) is 19.6 Å². The van der Waals surface area contributed by atoms with Crippen molar-refractivity contribution in [2.24, 2.45) is 11.8 Å². The molecule has 3 heterocycles. The average Bonchev–Trinajstić information content (AvgIpc) is 3.63. The van der Waals surface area contributed by atoms with Gasteiger partial charge in [0.2, 0.25) is 0 Å². The summed E-state index contributed by atoms with van der Waals surface area (Å²) in [7, 11) is 0. The summed E-state index contributed by atoms with van der Waals surface area (Å²) in [5.41, 5.74) is 2.80. The molecule has 1 saturated carbocycles. The molecule has 0 aromatic carbocycles. The molecule has 234 valence electrons. The van der Waals surface area contributed by atoms with Crippen LogP contribution in [0, 0.1) is 11.8 Å². The molecule has 3 saturated heterocycles. The normalized spacial score (nSPS) is 31.5. The molecule has 41 heavy (non-hydrogen) atoms. The van der Waals surface area contributed by atoms with E-state index in [1.165, 1.54) is 62.5 Å². The molecule has 1 aliphatic carbocycles. The van der Waals surface area contributed by atoms with Crippen molar-refractivity contribution in [2.45, 2.75) is 160 Å². The first-order valence-electron chi connectivity index (χ1n) is 16.6. The van der Waals surface area contributed by atoms with Crippen molar-refractivity contribution in [3.8, 4) is 0 Å². The number of aliphatic carboxylic acids is 1. The third-order valence-electron chi connectivity index (χ3n) is 9.44. The molecule has 7 heteroatoms. The molecular formula is C34H56O7. The van der Waals surface area contributed by atoms with Crippen LogP contribution in [0.4, 0.5) is 0 Å². The SMILES string of the molecule is C=C1CC[C@H](CCCCCCCC=C(C)C)[C@H]1C[C@H]1OC1CCC(OC1CCCCO1)(OC1CCCCO1)C(=O)O. The Balaban J connectivity index is 1.23. The standard InChI is InChI=1S/C34H56O7/c1-25(2)14-8-6-4-5-7-9-15-27-19-18-26(3)28(27)24-30-29(39-30)20-21-34(33(35)36,40-31-16-10-12-22-37-31)41-32-17-11-13-23-38-32/h14,27-32H,3-13,15-24H2,1-2H3,(H,35,36)/t27-,28-,29?,30+,31?,32?,34?/m0/s1. The maximum Gasteiger partial charge on any atom is 0.364 e. The second-order valence-corrected chi connectivity index (χ2v) is 13.1. The number of rotatable bonds is 18. The highest BCUT2D eigenvalue weighted by molar-refractivity contribution is 5.75. The minimum absolute atomic E-state index is 0.0373. The quantitative estimate of drug-likeness (QED) is 0.0764. The molecule has 3 unspecified atom stereocenters. The van der Waals surface area contributed by atoms with Crippen LogP contribution < -0.4 is 0 Å². The van der Waals surface area contributed by atoms with Gasteiger partial charge in [-0.1, -0.05) is 49.5 Å². The van der Waals surface area contributed by atoms with E-state index < -0.39 is 24.3 Å². The van der Waals surface area contributed by atoms with Crippen molar-refractivity contribution < 1.29 is 33.6 Å². The molecule has 4 rings (SSSR count). The number of carboxylic acid groups (broad SMARTS) is 1. The van der Waals surface area contributed by atoms with Gasteiger partial charge in [-0.2, -0.15) is 0 Å². The second kappa shape index (κ2) is 16.6. The number of hydrogen-bond acceptors (Lipinski definition) is 6. The first-order valence-corrected chi connectivity index (χ1v) is 16.6. The Hall–Kier alpha value is -1.25. The maximum absolute atomic E-state index is 12.7. The van der Waals surface area contributed by atoms with Crippen molar-refractivity contribution >= 4 is 5.97 Å². The molecule has 3 aliphatic heterocycles. The van der Waals surface area contributed by atoms with E-state index in [0.29, 0.717) is 44.3 Å². The Morgan fingerprint density at radius 1 is 0.927 bits per heavy atom. The topological polar surface area (TPSA) is 86.8 Å². The maximum atomic E-state index is 12.7. The summed E-state index contributed by atoms with van der Waals surface area (Å²) in [6, 6.07) is 0. The van der Waals surface area contributed by atoms with Crippen molar-refractivity contribution in [1.82, 2.24) is 0 Å². The number of carboxylic acids is 1. The van der Waals surface area contributed by atoms with Gasteiger partial charge in [-0.05, 0) is 109 Å². The summed E-state index contributed by atoms with van der Waals surface area (Å²) >= 11 is 0. The van der Waals surface area contributed by atoms with Crippen molar-refractivity contribution in [2.75, 3.05) is 13.2 Å². The Morgan fingerprint density at radius 3 is 2.20 bits per heavy atom. The van der Waals surface area contributed by atoms with Gasteiger partial charge in [0.15, 0.2) is 12.6 Å². The largest absolute Gasteiger partial charge is 0.477 e. The zero-order chi connectivity index (χ0) is 29.1. The van der Waals surface area contributed by atoms with Gasteiger partial charge in [-0.25, -0.2) is 4.79 Å². The summed E-state index contributed by atoms with van der Waals surface area (Å²) in [5.74, 6) is -1.68. The molecule has 0 bridgehead atoms. The smallest absolute Gasteiger partial charge is 0.364 e. The number of unbranched alkanes of at least 4 members (excludes halogenated alkanes) is 5. The van der Waals surface area contributed by atoms with E-state index in [-0.39, 0.29) is 18.6 Å². The van der Waals surface area contributed by atoms with Gasteiger partial charge in [-0.3, -0.25) is 0 Å². The Bertz CT molecular complexity index is 818. The first kappa shape index (κ1) is 32.7. The summed E-state index contributed by atoms with van der Waals surface area (Å²) in [4.78, 5) is 12.7. The predicted octanol–water partition coefficient (Wildman–Crippen LogP) is 8.07. The molecule has 0 aromatic heterocycles. The van der Waals surface area contributed by atoms with Crippen LogP contribution >= 0.6 is 0 Å². The number of hydrogen-bond donors (Lipinski definition) is 1. The second-order valence-electron chi connectivity index (χ2n) is 13.1. The summed E-state index contributed by atoms with van der Waals surface area (Å²) in [5, 5.41) is 10.4. The number of allylic oxidation sites excluding steroid dienone is 3. The van der Waals surface area contributed by atoms with Crippen LogP contribution in [0.25, 0.3) is 0 Å². The van der Waals surface area contributed by atoms with Gasteiger partial charge in [0.05, 0.1) is 12.2 Å². The zero-order valence-electron chi connectivity index (χ0n) is 25.8. The highest BCUT2D eigenvalue weighted by atomic mass is 16.8. The predicted molar refractivity (Wildman–Crippen MR) is 159 cm³/mol. The minimum atomic E-state index is -1.79. The van der Waals surface area contributed by atoms with Crippen LogP contribution in [0.1, 0.15) is 129 Å². The highest BCUT2D eigenvalue weighted by Gasteiger charge is 2.50. The van der Waals surface area contributed by atoms with E-state index in [0.717, 1.165) is 38.5 Å². The molecule has 1 N–H and O–H groups in total. The molecular weight excluding hydrogens is 520 g/mol. The third kappa shape index (κ3) is 10.5. The van der Waals surface area contributed by atoms with Crippen LogP contribution in [0.15, 0.2) is 23.8 Å². The summed E-state index contributed by atoms with van der Waals surface area (Å²) in [6.45, 7) is 9.93. The molecule has 0 aromatic rings. The average molecular weight is 577 g/mol. The van der Waals surface area contributed by atoms with Crippen LogP contribution in [0.3, 0.4) is 0 Å². The van der Waals surface area contributed by atoms with Gasteiger partial charge < -0.3 is 28.8 Å². The molecule has 0 amide bonds. The Morgan fingerprint density at radius 2 is 1.59 bits per heavy atom. The molecule has 4 aliphatic rings. The highest BCUT2D eigenvalue weighted by Crippen LogP contribution is 2.46. The van der Waals surface area contributed by atoms with Gasteiger partial charge >= 0.3 is 5.97 Å². The lowest BCUT2D eigenvalue weighted by atomic mass is 9.85. The molecule has 0 spiro atoms. The molecule has 6 atom stereocenters. The summed E-state index contributed by atoms with van der Waals surface area (Å²) < 4.78 is 29.9. The fourth-order valence-electron chi connectivity index (χ4n) is 6.88. The monoisotopic (exact) mass is 576 g/mol. The van der Waals surface area contributed by atoms with Gasteiger partial charge in [0.1, 0.15) is 0 Å². The van der Waals surface area contributed by atoms with Gasteiger partial charge in [-0.15, -0.1) is 0 Å². The van der Waals surface area contributed by atoms with E-state index in [1.54, 1.807) is 0 Å². The fraction of sp³-hybridized carbons (Fsp3) is 0.853. The molecule has 4 fully saturated rings. The van der Waals surface area contributed by atoms with E-state index in [1.807, 2.05) is 0 Å². The van der Waals surface area contributed by atoms with Crippen LogP contribution in [0.5, 0.6) is 0 Å². The number of epoxide rings is 1. The summed E-state index contributed by atoms with van der Waals surface area (Å²) in [6.07, 6.45) is 19.8. The minimum Gasteiger partial charge on any atom is -0.477 e. The lowest BCUT2D eigenvalue weighted by Gasteiger charge is -2.37. The van der Waals surface area contributed by atoms with Crippen molar-refractivity contribution in [1.29, 1.82) is 0 Å². The number of carbonyl (C=O) groups is 1. The zero-order valence-corrected chi connectivity index (χ0v) is 25.8. The molecule has 0 radical (unpaired) electrons. The fourth-order valence-corrected chi connectivity index (χ4v) is 6.88.